The maximum Gasteiger partial charge on any atom is 0.241 e. The number of nitrogens with two attached hydrogens (primary N) is 1. The zero-order valence-corrected chi connectivity index (χ0v) is 18.6. The number of methoxy groups -OCH3 is 1. The minimum Gasteiger partial charge on any atom is -0.497 e. The number of nitrogens with one attached hydrogen (secondary N) is 1. The van der Waals surface area contributed by atoms with Gasteiger partial charge in [0.25, 0.3) is 0 Å². The first-order valence-corrected chi connectivity index (χ1v) is 9.56. The lowest BCUT2D eigenvalue weighted by molar-refractivity contribution is -0.122. The first-order valence-electron chi connectivity index (χ1n) is 9.56. The van der Waals surface area contributed by atoms with Crippen LogP contribution in [0, 0.1) is 6.92 Å². The highest BCUT2D eigenvalue weighted by atomic mass is 35.5. The van der Waals surface area contributed by atoms with E-state index < -0.39 is 6.04 Å². The van der Waals surface area contributed by atoms with Gasteiger partial charge in [0, 0.05) is 6.54 Å². The van der Waals surface area contributed by atoms with Gasteiger partial charge < -0.3 is 15.8 Å². The molecule has 1 aliphatic rings. The Kier molecular flexibility index (Phi) is 10.5. The summed E-state index contributed by atoms with van der Waals surface area (Å²) in [6, 6.07) is 15.3. The molecule has 2 atom stereocenters. The fourth-order valence-corrected chi connectivity index (χ4v) is 3.59. The molecule has 1 saturated heterocycles. The molecule has 1 heterocycles. The molecule has 0 bridgehead atoms. The Balaban J connectivity index is 0.00000210. The van der Waals surface area contributed by atoms with Gasteiger partial charge >= 0.3 is 0 Å². The third kappa shape index (κ3) is 6.61. The van der Waals surface area contributed by atoms with E-state index in [1.807, 2.05) is 43.3 Å². The second-order valence-electron chi connectivity index (χ2n) is 7.17. The molecule has 5 nitrogen and oxygen atoms in total. The molecule has 2 aromatic rings. The number of halogens is 2. The lowest BCUT2D eigenvalue weighted by atomic mass is 10.0. The van der Waals surface area contributed by atoms with E-state index in [1.54, 1.807) is 7.11 Å². The minimum absolute atomic E-state index is 0. The summed E-state index contributed by atoms with van der Waals surface area (Å²) < 4.78 is 5.37. The standard InChI is InChI=1S/C22H29N3O2.2ClH/c1-16-8-10-17(11-9-16)21(23)22(26)24-15-20(25-12-3-4-13-25)18-6-5-7-19(14-18)27-2;;/h5-11,14,20-21H,3-4,12-13,15,23H2,1-2H3,(H,24,26);2*1H. The third-order valence-electron chi connectivity index (χ3n) is 5.25. The van der Waals surface area contributed by atoms with Gasteiger partial charge in [-0.3, -0.25) is 9.69 Å². The number of amides is 1. The van der Waals surface area contributed by atoms with E-state index in [2.05, 4.69) is 22.3 Å². The molecule has 29 heavy (non-hydrogen) atoms. The number of benzene rings is 2. The van der Waals surface area contributed by atoms with Gasteiger partial charge in [0.15, 0.2) is 0 Å². The Morgan fingerprint density at radius 1 is 1.10 bits per heavy atom. The normalized spacial score (nSPS) is 15.6. The molecule has 3 N–H and O–H groups in total. The lowest BCUT2D eigenvalue weighted by Crippen LogP contribution is -2.40. The maximum atomic E-state index is 12.6. The summed E-state index contributed by atoms with van der Waals surface area (Å²) in [4.78, 5) is 15.0. The van der Waals surface area contributed by atoms with Crippen LogP contribution in [0.4, 0.5) is 0 Å². The minimum atomic E-state index is -0.657. The van der Waals surface area contributed by atoms with Crippen LogP contribution < -0.4 is 15.8 Å². The summed E-state index contributed by atoms with van der Waals surface area (Å²) >= 11 is 0. The fourth-order valence-electron chi connectivity index (χ4n) is 3.59. The summed E-state index contributed by atoms with van der Waals surface area (Å²) in [6.45, 7) is 4.64. The summed E-state index contributed by atoms with van der Waals surface area (Å²) in [5, 5.41) is 3.06. The van der Waals surface area contributed by atoms with E-state index in [0.717, 1.165) is 35.5 Å². The summed E-state index contributed by atoms with van der Waals surface area (Å²) in [7, 11) is 1.67. The van der Waals surface area contributed by atoms with Gasteiger partial charge in [-0.15, -0.1) is 24.8 Å². The molecule has 0 aromatic heterocycles. The van der Waals surface area contributed by atoms with Crippen molar-refractivity contribution in [2.75, 3.05) is 26.7 Å². The van der Waals surface area contributed by atoms with Crippen LogP contribution in [0.5, 0.6) is 5.75 Å². The highest BCUT2D eigenvalue weighted by Crippen LogP contribution is 2.27. The van der Waals surface area contributed by atoms with Crippen LogP contribution in [-0.4, -0.2) is 37.6 Å². The monoisotopic (exact) mass is 439 g/mol. The Labute approximate surface area is 185 Å². The predicted molar refractivity (Wildman–Crippen MR) is 122 cm³/mol. The molecule has 0 aliphatic carbocycles. The van der Waals surface area contributed by atoms with Gasteiger partial charge in [-0.25, -0.2) is 0 Å². The van der Waals surface area contributed by atoms with Crippen LogP contribution in [-0.2, 0) is 4.79 Å². The average molecular weight is 440 g/mol. The molecular weight excluding hydrogens is 409 g/mol. The molecular formula is C22H31Cl2N3O2. The molecule has 0 spiro atoms. The van der Waals surface area contributed by atoms with Gasteiger partial charge in [-0.1, -0.05) is 42.0 Å². The first-order chi connectivity index (χ1) is 13.1. The van der Waals surface area contributed by atoms with Gasteiger partial charge in [-0.2, -0.15) is 0 Å². The van der Waals surface area contributed by atoms with Crippen molar-refractivity contribution < 1.29 is 9.53 Å². The number of nitrogens with zero attached hydrogens (tertiary/aromatic N) is 1. The van der Waals surface area contributed by atoms with E-state index in [-0.39, 0.29) is 36.8 Å². The number of carbonyl (C=O) groups is 1. The van der Waals surface area contributed by atoms with Crippen molar-refractivity contribution in [2.24, 2.45) is 5.73 Å². The van der Waals surface area contributed by atoms with Crippen LogP contribution in [0.3, 0.4) is 0 Å². The second kappa shape index (κ2) is 12.0. The molecule has 3 rings (SSSR count). The molecule has 160 valence electrons. The van der Waals surface area contributed by atoms with Gasteiger partial charge in [0.2, 0.25) is 5.91 Å². The van der Waals surface area contributed by atoms with E-state index >= 15 is 0 Å². The molecule has 1 aliphatic heterocycles. The smallest absolute Gasteiger partial charge is 0.241 e. The van der Waals surface area contributed by atoms with Gasteiger partial charge in [0.1, 0.15) is 11.8 Å². The summed E-state index contributed by atoms with van der Waals surface area (Å²) in [6.07, 6.45) is 2.38. The quantitative estimate of drug-likeness (QED) is 0.688. The third-order valence-corrected chi connectivity index (χ3v) is 5.25. The molecule has 2 unspecified atom stereocenters. The van der Waals surface area contributed by atoms with E-state index in [4.69, 9.17) is 10.5 Å². The molecule has 1 fully saturated rings. The van der Waals surface area contributed by atoms with Crippen LogP contribution >= 0.6 is 24.8 Å². The Morgan fingerprint density at radius 3 is 2.38 bits per heavy atom. The van der Waals surface area contributed by atoms with Crippen molar-refractivity contribution in [3.8, 4) is 5.75 Å². The Morgan fingerprint density at radius 2 is 1.76 bits per heavy atom. The number of aryl methyl sites for hydroxylation is 1. The lowest BCUT2D eigenvalue weighted by Gasteiger charge is -2.29. The number of hydrogen-bond donors (Lipinski definition) is 2. The van der Waals surface area contributed by atoms with Crippen molar-refractivity contribution in [3.05, 3.63) is 65.2 Å². The van der Waals surface area contributed by atoms with Crippen molar-refractivity contribution in [3.63, 3.8) is 0 Å². The zero-order chi connectivity index (χ0) is 19.2. The van der Waals surface area contributed by atoms with Crippen LogP contribution in [0.2, 0.25) is 0 Å². The zero-order valence-electron chi connectivity index (χ0n) is 17.0. The molecule has 0 radical (unpaired) electrons. The molecule has 7 heteroatoms. The summed E-state index contributed by atoms with van der Waals surface area (Å²) in [5.41, 5.74) is 9.30. The highest BCUT2D eigenvalue weighted by molar-refractivity contribution is 5.85. The fraction of sp³-hybridized carbons (Fsp3) is 0.409. The second-order valence-corrected chi connectivity index (χ2v) is 7.17. The van der Waals surface area contributed by atoms with Gasteiger partial charge in [0.05, 0.1) is 13.2 Å². The summed E-state index contributed by atoms with van der Waals surface area (Å²) in [5.74, 6) is 0.685. The van der Waals surface area contributed by atoms with Crippen LogP contribution in [0.25, 0.3) is 0 Å². The number of rotatable bonds is 7. The van der Waals surface area contributed by atoms with E-state index in [1.165, 1.54) is 12.8 Å². The highest BCUT2D eigenvalue weighted by Gasteiger charge is 2.25. The van der Waals surface area contributed by atoms with Gasteiger partial charge in [-0.05, 0) is 56.1 Å². The molecule has 0 saturated carbocycles. The first kappa shape index (κ1) is 25.2. The van der Waals surface area contributed by atoms with Crippen molar-refractivity contribution in [1.29, 1.82) is 0 Å². The van der Waals surface area contributed by atoms with Crippen molar-refractivity contribution in [1.82, 2.24) is 10.2 Å². The number of ether oxygens (including phenoxy) is 1. The number of likely N-dealkylation sites (tertiary alicyclic amines) is 1. The SMILES string of the molecule is COc1cccc(C(CNC(=O)C(N)c2ccc(C)cc2)N2CCCC2)c1.Cl.Cl. The molecule has 1 amide bonds. The maximum absolute atomic E-state index is 12.6. The van der Waals surface area contributed by atoms with E-state index in [9.17, 15) is 4.79 Å². The average Bonchev–Trinajstić information content (AvgIpc) is 3.22. The van der Waals surface area contributed by atoms with Crippen LogP contribution in [0.15, 0.2) is 48.5 Å². The topological polar surface area (TPSA) is 67.6 Å². The predicted octanol–water partition coefficient (Wildman–Crippen LogP) is 3.80. The Hall–Kier alpha value is -1.79. The van der Waals surface area contributed by atoms with Crippen molar-refractivity contribution >= 4 is 30.7 Å². The molecule has 2 aromatic carbocycles. The number of hydrogen-bond acceptors (Lipinski definition) is 4. The Bertz CT molecular complexity index is 765. The number of carbonyl (C=O) groups excluding carboxylic acids is 1. The van der Waals surface area contributed by atoms with Crippen molar-refractivity contribution in [2.45, 2.75) is 31.8 Å². The van der Waals surface area contributed by atoms with Crippen LogP contribution in [0.1, 0.15) is 41.6 Å². The van der Waals surface area contributed by atoms with E-state index in [0.29, 0.717) is 6.54 Å². The largest absolute Gasteiger partial charge is 0.497 e.